The number of nitrogens with zero attached hydrogens (tertiary/aromatic N) is 2. The van der Waals surface area contributed by atoms with Crippen molar-refractivity contribution in [3.63, 3.8) is 0 Å². The van der Waals surface area contributed by atoms with Gasteiger partial charge in [-0.05, 0) is 56.5 Å². The number of Topliss-reactive ketones (excluding diaryl/α,β-unsaturated/α-hetero) is 1. The number of hydrogen-bond acceptors (Lipinski definition) is 3. The lowest BCUT2D eigenvalue weighted by atomic mass is 10.0. The van der Waals surface area contributed by atoms with E-state index < -0.39 is 0 Å². The van der Waals surface area contributed by atoms with E-state index in [0.29, 0.717) is 6.54 Å². The summed E-state index contributed by atoms with van der Waals surface area (Å²) in [5.41, 5.74) is 7.44. The predicted octanol–water partition coefficient (Wildman–Crippen LogP) is 5.44. The highest BCUT2D eigenvalue weighted by molar-refractivity contribution is 5.97. The van der Waals surface area contributed by atoms with E-state index in [4.69, 9.17) is 0 Å². The molecule has 0 radical (unpaired) electrons. The molecule has 30 heavy (non-hydrogen) atoms. The Kier molecular flexibility index (Phi) is 6.29. The number of aryl methyl sites for hydroxylation is 3. The topological polar surface area (TPSA) is 23.6 Å². The summed E-state index contributed by atoms with van der Waals surface area (Å²) in [6.45, 7) is 4.32. The van der Waals surface area contributed by atoms with Crippen LogP contribution < -0.4 is 4.90 Å². The van der Waals surface area contributed by atoms with E-state index in [2.05, 4.69) is 58.3 Å². The molecule has 0 aromatic heterocycles. The number of fused-ring (bicyclic) bond motifs is 2. The van der Waals surface area contributed by atoms with Crippen molar-refractivity contribution in [2.24, 2.45) is 0 Å². The second-order valence-electron chi connectivity index (χ2n) is 8.29. The smallest absolute Gasteiger partial charge is 0.176 e. The number of para-hydroxylation sites is 2. The highest BCUT2D eigenvalue weighted by Gasteiger charge is 2.20. The van der Waals surface area contributed by atoms with Crippen molar-refractivity contribution in [1.82, 2.24) is 4.90 Å². The predicted molar refractivity (Wildman–Crippen MR) is 125 cm³/mol. The fraction of sp³-hybridized carbons (Fsp3) is 0.296. The first-order chi connectivity index (χ1) is 14.6. The van der Waals surface area contributed by atoms with Crippen LogP contribution in [0.3, 0.4) is 0 Å². The summed E-state index contributed by atoms with van der Waals surface area (Å²) in [5, 5.41) is 0. The monoisotopic (exact) mass is 398 g/mol. The molecule has 0 atom stereocenters. The molecule has 3 aromatic rings. The average molecular weight is 399 g/mol. The molecule has 3 aromatic carbocycles. The molecular formula is C27H30N2O. The van der Waals surface area contributed by atoms with Crippen LogP contribution in [0.1, 0.15) is 33.5 Å². The molecule has 0 N–H and O–H groups in total. The molecule has 0 unspecified atom stereocenters. The van der Waals surface area contributed by atoms with Crippen LogP contribution >= 0.6 is 0 Å². The van der Waals surface area contributed by atoms with Gasteiger partial charge < -0.3 is 4.90 Å². The number of benzene rings is 3. The Bertz CT molecular complexity index is 962. The van der Waals surface area contributed by atoms with Crippen molar-refractivity contribution < 1.29 is 4.79 Å². The minimum Gasteiger partial charge on any atom is -0.341 e. The van der Waals surface area contributed by atoms with Gasteiger partial charge in [0.2, 0.25) is 0 Å². The van der Waals surface area contributed by atoms with Crippen molar-refractivity contribution in [3.8, 4) is 0 Å². The summed E-state index contributed by atoms with van der Waals surface area (Å²) in [6.07, 6.45) is 3.16. The summed E-state index contributed by atoms with van der Waals surface area (Å²) in [5.74, 6) is 0.183. The molecule has 154 valence electrons. The number of hydrogen-bond donors (Lipinski definition) is 0. The lowest BCUT2D eigenvalue weighted by Gasteiger charge is -2.28. The third-order valence-electron chi connectivity index (χ3n) is 5.94. The highest BCUT2D eigenvalue weighted by Crippen LogP contribution is 2.35. The van der Waals surface area contributed by atoms with E-state index >= 15 is 0 Å². The van der Waals surface area contributed by atoms with Gasteiger partial charge in [0.05, 0.1) is 6.54 Å². The molecule has 0 aliphatic carbocycles. The maximum absolute atomic E-state index is 12.6. The van der Waals surface area contributed by atoms with Gasteiger partial charge >= 0.3 is 0 Å². The van der Waals surface area contributed by atoms with Gasteiger partial charge in [-0.2, -0.15) is 0 Å². The van der Waals surface area contributed by atoms with Crippen LogP contribution in [0, 0.1) is 6.92 Å². The van der Waals surface area contributed by atoms with Gasteiger partial charge in [0.25, 0.3) is 0 Å². The second-order valence-corrected chi connectivity index (χ2v) is 8.29. The van der Waals surface area contributed by atoms with Crippen molar-refractivity contribution >= 4 is 17.2 Å². The molecule has 0 saturated carbocycles. The number of carbonyl (C=O) groups is 1. The van der Waals surface area contributed by atoms with Crippen LogP contribution in [-0.4, -0.2) is 37.4 Å². The lowest BCUT2D eigenvalue weighted by molar-refractivity contribution is 0.0946. The van der Waals surface area contributed by atoms with Crippen molar-refractivity contribution in [2.75, 3.05) is 31.6 Å². The van der Waals surface area contributed by atoms with Gasteiger partial charge in [0, 0.05) is 30.0 Å². The Labute approximate surface area is 180 Å². The number of ketones is 1. The molecule has 1 heterocycles. The van der Waals surface area contributed by atoms with Crippen LogP contribution in [0.2, 0.25) is 0 Å². The van der Waals surface area contributed by atoms with Crippen LogP contribution in [0.4, 0.5) is 11.4 Å². The Hall–Kier alpha value is -2.91. The fourth-order valence-corrected chi connectivity index (χ4v) is 4.26. The zero-order chi connectivity index (χ0) is 20.9. The Morgan fingerprint density at radius 2 is 1.43 bits per heavy atom. The number of rotatable bonds is 7. The summed E-state index contributed by atoms with van der Waals surface area (Å²) >= 11 is 0. The van der Waals surface area contributed by atoms with E-state index in [1.54, 1.807) is 0 Å². The molecular weight excluding hydrogens is 368 g/mol. The lowest BCUT2D eigenvalue weighted by Crippen LogP contribution is -2.29. The van der Waals surface area contributed by atoms with Crippen LogP contribution in [0.25, 0.3) is 0 Å². The quantitative estimate of drug-likeness (QED) is 0.495. The zero-order valence-corrected chi connectivity index (χ0v) is 18.0. The summed E-state index contributed by atoms with van der Waals surface area (Å²) < 4.78 is 0. The molecule has 1 aliphatic heterocycles. The van der Waals surface area contributed by atoms with Gasteiger partial charge in [-0.3, -0.25) is 9.69 Å². The number of carbonyl (C=O) groups excluding carboxylic acids is 1. The van der Waals surface area contributed by atoms with Gasteiger partial charge in [-0.15, -0.1) is 0 Å². The molecule has 0 saturated heterocycles. The average Bonchev–Trinajstić information content (AvgIpc) is 2.91. The van der Waals surface area contributed by atoms with Gasteiger partial charge in [0.1, 0.15) is 0 Å². The van der Waals surface area contributed by atoms with Crippen LogP contribution in [0.15, 0.2) is 72.8 Å². The minimum atomic E-state index is 0.183. The van der Waals surface area contributed by atoms with E-state index in [-0.39, 0.29) is 5.78 Å². The highest BCUT2D eigenvalue weighted by atomic mass is 16.1. The molecule has 4 rings (SSSR count). The fourth-order valence-electron chi connectivity index (χ4n) is 4.26. The largest absolute Gasteiger partial charge is 0.341 e. The Balaban J connectivity index is 1.41. The maximum atomic E-state index is 12.6. The number of likely N-dealkylation sites (N-methyl/N-ethyl adjacent to an activating group) is 1. The van der Waals surface area contributed by atoms with Gasteiger partial charge in [-0.1, -0.05) is 66.2 Å². The molecule has 0 amide bonds. The van der Waals surface area contributed by atoms with Crippen LogP contribution in [0.5, 0.6) is 0 Å². The van der Waals surface area contributed by atoms with E-state index in [9.17, 15) is 4.79 Å². The SMILES string of the molecule is Cc1ccc(C(=O)CN(C)CCCN2c3ccccc3CCc3ccccc32)cc1. The first-order valence-corrected chi connectivity index (χ1v) is 10.8. The third kappa shape index (κ3) is 4.63. The van der Waals surface area contributed by atoms with E-state index in [0.717, 1.165) is 37.9 Å². The summed E-state index contributed by atoms with van der Waals surface area (Å²) in [6, 6.07) is 25.4. The third-order valence-corrected chi connectivity index (χ3v) is 5.94. The van der Waals surface area contributed by atoms with Crippen LogP contribution in [-0.2, 0) is 12.8 Å². The molecule has 0 fully saturated rings. The molecule has 0 spiro atoms. The first kappa shape index (κ1) is 20.4. The van der Waals surface area contributed by atoms with Crippen molar-refractivity contribution in [3.05, 3.63) is 95.1 Å². The first-order valence-electron chi connectivity index (χ1n) is 10.8. The summed E-state index contributed by atoms with van der Waals surface area (Å²) in [4.78, 5) is 17.2. The zero-order valence-electron chi connectivity index (χ0n) is 18.0. The van der Waals surface area contributed by atoms with Crippen molar-refractivity contribution in [1.29, 1.82) is 0 Å². The van der Waals surface area contributed by atoms with Gasteiger partial charge in [-0.25, -0.2) is 0 Å². The Morgan fingerprint density at radius 3 is 2.03 bits per heavy atom. The van der Waals surface area contributed by atoms with Gasteiger partial charge in [0.15, 0.2) is 5.78 Å². The van der Waals surface area contributed by atoms with E-state index in [1.807, 2.05) is 38.2 Å². The Morgan fingerprint density at radius 1 is 0.867 bits per heavy atom. The maximum Gasteiger partial charge on any atom is 0.176 e. The molecule has 3 heteroatoms. The standard InChI is InChI=1S/C27H30N2O/c1-21-12-14-24(15-13-21)27(30)20-28(2)18-7-19-29-25-10-5-3-8-22(25)16-17-23-9-4-6-11-26(23)29/h3-6,8-15H,7,16-20H2,1-2H3. The second kappa shape index (κ2) is 9.27. The number of anilines is 2. The molecule has 0 bridgehead atoms. The normalized spacial score (nSPS) is 13.0. The molecule has 1 aliphatic rings. The van der Waals surface area contributed by atoms with Crippen molar-refractivity contribution in [2.45, 2.75) is 26.2 Å². The minimum absolute atomic E-state index is 0.183. The summed E-state index contributed by atoms with van der Waals surface area (Å²) in [7, 11) is 2.04. The van der Waals surface area contributed by atoms with E-state index in [1.165, 1.54) is 28.1 Å². The molecule has 3 nitrogen and oxygen atoms in total.